The quantitative estimate of drug-likeness (QED) is 0.578. The molecule has 0 radical (unpaired) electrons. The number of ether oxygens (including phenoxy) is 3. The van der Waals surface area contributed by atoms with Crippen LogP contribution in [0.15, 0.2) is 0 Å². The fourth-order valence-electron chi connectivity index (χ4n) is 4.31. The standard InChI is InChI=1S/C15H20O5/c16-14-11-10-6-8(7-18-9-4-2-1-3-5-9)13(19-10)12(11)15(17)20-14/h8-13H,1-7H2. The van der Waals surface area contributed by atoms with Gasteiger partial charge in [0.15, 0.2) is 0 Å². The van der Waals surface area contributed by atoms with E-state index in [-0.39, 0.29) is 35.9 Å². The zero-order chi connectivity index (χ0) is 13.7. The first-order valence-corrected chi connectivity index (χ1v) is 7.76. The Bertz CT molecular complexity index is 428. The number of carbonyl (C=O) groups excluding carboxylic acids is 2. The minimum atomic E-state index is -0.394. The van der Waals surface area contributed by atoms with Crippen LogP contribution >= 0.6 is 0 Å². The summed E-state index contributed by atoms with van der Waals surface area (Å²) in [6, 6.07) is 0. The summed E-state index contributed by atoms with van der Waals surface area (Å²) in [4.78, 5) is 23.4. The molecule has 0 aromatic heterocycles. The van der Waals surface area contributed by atoms with Crippen molar-refractivity contribution in [1.29, 1.82) is 0 Å². The predicted octanol–water partition coefficient (Wildman–Crippen LogP) is 1.44. The van der Waals surface area contributed by atoms with E-state index in [4.69, 9.17) is 14.2 Å². The Morgan fingerprint density at radius 3 is 2.60 bits per heavy atom. The first-order valence-electron chi connectivity index (χ1n) is 7.76. The zero-order valence-corrected chi connectivity index (χ0v) is 11.5. The van der Waals surface area contributed by atoms with Crippen molar-refractivity contribution in [3.63, 3.8) is 0 Å². The number of hydrogen-bond acceptors (Lipinski definition) is 5. The van der Waals surface area contributed by atoms with Crippen molar-refractivity contribution in [3.8, 4) is 0 Å². The maximum Gasteiger partial charge on any atom is 0.320 e. The van der Waals surface area contributed by atoms with E-state index in [1.54, 1.807) is 0 Å². The highest BCUT2D eigenvalue weighted by Gasteiger charge is 2.64. The van der Waals surface area contributed by atoms with E-state index in [0.717, 1.165) is 19.3 Å². The van der Waals surface area contributed by atoms with Gasteiger partial charge in [0.05, 0.1) is 36.8 Å². The van der Waals surface area contributed by atoms with E-state index in [1.807, 2.05) is 0 Å². The fraction of sp³-hybridized carbons (Fsp3) is 0.867. The van der Waals surface area contributed by atoms with E-state index in [9.17, 15) is 9.59 Å². The van der Waals surface area contributed by atoms with Gasteiger partial charge >= 0.3 is 11.9 Å². The summed E-state index contributed by atoms with van der Waals surface area (Å²) in [5, 5.41) is 0. The molecule has 0 spiro atoms. The Morgan fingerprint density at radius 1 is 1.05 bits per heavy atom. The first-order chi connectivity index (χ1) is 9.74. The van der Waals surface area contributed by atoms with Crippen molar-refractivity contribution in [3.05, 3.63) is 0 Å². The van der Waals surface area contributed by atoms with Crippen molar-refractivity contribution in [2.75, 3.05) is 6.61 Å². The van der Waals surface area contributed by atoms with Gasteiger partial charge in [-0.1, -0.05) is 19.3 Å². The summed E-state index contributed by atoms with van der Waals surface area (Å²) in [7, 11) is 0. The lowest BCUT2D eigenvalue weighted by Gasteiger charge is -2.27. The SMILES string of the molecule is O=C1OC(=O)C2C3OC(CC3COC3CCCCC3)C12. The summed E-state index contributed by atoms with van der Waals surface area (Å²) < 4.78 is 16.6. The minimum absolute atomic E-state index is 0.135. The van der Waals surface area contributed by atoms with E-state index < -0.39 is 5.97 Å². The molecular formula is C15H20O5. The number of fused-ring (bicyclic) bond motifs is 5. The molecule has 4 rings (SSSR count). The van der Waals surface area contributed by atoms with Crippen LogP contribution < -0.4 is 0 Å². The average Bonchev–Trinajstić information content (AvgIpc) is 3.10. The van der Waals surface area contributed by atoms with Crippen LogP contribution in [-0.2, 0) is 23.8 Å². The first kappa shape index (κ1) is 12.8. The maximum absolute atomic E-state index is 11.7. The summed E-state index contributed by atoms with van der Waals surface area (Å²) in [5.41, 5.74) is 0. The molecule has 0 aromatic rings. The smallest absolute Gasteiger partial charge is 0.320 e. The molecule has 5 heteroatoms. The van der Waals surface area contributed by atoms with Crippen LogP contribution in [0.5, 0.6) is 0 Å². The van der Waals surface area contributed by atoms with Crippen molar-refractivity contribution in [2.45, 2.75) is 56.8 Å². The molecule has 110 valence electrons. The largest absolute Gasteiger partial charge is 0.393 e. The van der Waals surface area contributed by atoms with E-state index in [2.05, 4.69) is 0 Å². The van der Waals surface area contributed by atoms with E-state index >= 15 is 0 Å². The van der Waals surface area contributed by atoms with Crippen molar-refractivity contribution in [1.82, 2.24) is 0 Å². The molecule has 5 atom stereocenters. The van der Waals surface area contributed by atoms with Crippen LogP contribution in [0.25, 0.3) is 0 Å². The molecule has 3 heterocycles. The number of esters is 2. The normalized spacial score (nSPS) is 43.9. The Morgan fingerprint density at radius 2 is 1.80 bits per heavy atom. The Labute approximate surface area is 117 Å². The van der Waals surface area contributed by atoms with Crippen molar-refractivity contribution < 1.29 is 23.8 Å². The maximum atomic E-state index is 11.7. The molecule has 3 aliphatic heterocycles. The Hall–Kier alpha value is -0.940. The third-order valence-corrected chi connectivity index (χ3v) is 5.32. The van der Waals surface area contributed by atoms with Gasteiger partial charge in [-0.05, 0) is 19.3 Å². The molecule has 0 aromatic carbocycles. The van der Waals surface area contributed by atoms with Crippen molar-refractivity contribution >= 4 is 11.9 Å². The van der Waals surface area contributed by atoms with Crippen LogP contribution in [-0.4, -0.2) is 36.9 Å². The molecule has 0 amide bonds. The van der Waals surface area contributed by atoms with Crippen LogP contribution in [0.2, 0.25) is 0 Å². The van der Waals surface area contributed by atoms with Gasteiger partial charge < -0.3 is 14.2 Å². The lowest BCUT2D eigenvalue weighted by Crippen LogP contribution is -2.37. The third kappa shape index (κ3) is 1.91. The highest BCUT2D eigenvalue weighted by atomic mass is 16.6. The Balaban J connectivity index is 1.38. The lowest BCUT2D eigenvalue weighted by atomic mass is 9.75. The van der Waals surface area contributed by atoms with E-state index in [0.29, 0.717) is 12.7 Å². The van der Waals surface area contributed by atoms with Gasteiger partial charge in [0.25, 0.3) is 0 Å². The Kier molecular flexibility index (Phi) is 3.07. The van der Waals surface area contributed by atoms with Gasteiger partial charge in [0.1, 0.15) is 0 Å². The van der Waals surface area contributed by atoms with Gasteiger partial charge in [-0.25, -0.2) is 0 Å². The van der Waals surface area contributed by atoms with Crippen LogP contribution in [0.4, 0.5) is 0 Å². The minimum Gasteiger partial charge on any atom is -0.393 e. The molecule has 5 nitrogen and oxygen atoms in total. The summed E-state index contributed by atoms with van der Waals surface area (Å²) in [6.45, 7) is 0.649. The number of rotatable bonds is 3. The summed E-state index contributed by atoms with van der Waals surface area (Å²) >= 11 is 0. The number of carbonyl (C=O) groups is 2. The predicted molar refractivity (Wildman–Crippen MR) is 67.7 cm³/mol. The molecule has 1 aliphatic carbocycles. The second kappa shape index (κ2) is 4.81. The van der Waals surface area contributed by atoms with Crippen molar-refractivity contribution in [2.24, 2.45) is 17.8 Å². The highest BCUT2D eigenvalue weighted by molar-refractivity contribution is 5.98. The zero-order valence-electron chi connectivity index (χ0n) is 11.5. The van der Waals surface area contributed by atoms with Gasteiger partial charge in [0, 0.05) is 5.92 Å². The monoisotopic (exact) mass is 280 g/mol. The molecule has 20 heavy (non-hydrogen) atoms. The molecule has 5 unspecified atom stereocenters. The molecule has 1 saturated carbocycles. The highest BCUT2D eigenvalue weighted by Crippen LogP contribution is 2.50. The molecule has 4 aliphatic rings. The molecule has 3 saturated heterocycles. The molecule has 4 fully saturated rings. The fourth-order valence-corrected chi connectivity index (χ4v) is 4.31. The summed E-state index contributed by atoms with van der Waals surface area (Å²) in [5.74, 6) is -1.27. The number of cyclic esters (lactones) is 2. The van der Waals surface area contributed by atoms with Gasteiger partial charge in [-0.15, -0.1) is 0 Å². The van der Waals surface area contributed by atoms with Gasteiger partial charge in [-0.2, -0.15) is 0 Å². The van der Waals surface area contributed by atoms with Gasteiger partial charge in [0.2, 0.25) is 0 Å². The second-order valence-electron chi connectivity index (χ2n) is 6.52. The van der Waals surface area contributed by atoms with Crippen LogP contribution in [0.3, 0.4) is 0 Å². The summed E-state index contributed by atoms with van der Waals surface area (Å²) in [6.07, 6.45) is 7.00. The number of hydrogen-bond donors (Lipinski definition) is 0. The van der Waals surface area contributed by atoms with Crippen LogP contribution in [0, 0.1) is 17.8 Å². The third-order valence-electron chi connectivity index (χ3n) is 5.32. The molecule has 0 N–H and O–H groups in total. The van der Waals surface area contributed by atoms with E-state index in [1.165, 1.54) is 19.3 Å². The lowest BCUT2D eigenvalue weighted by molar-refractivity contribution is -0.156. The second-order valence-corrected chi connectivity index (χ2v) is 6.52. The molecular weight excluding hydrogens is 260 g/mol. The van der Waals surface area contributed by atoms with Crippen LogP contribution in [0.1, 0.15) is 38.5 Å². The molecule has 2 bridgehead atoms. The average molecular weight is 280 g/mol. The topological polar surface area (TPSA) is 61.8 Å². The van der Waals surface area contributed by atoms with Gasteiger partial charge in [-0.3, -0.25) is 9.59 Å².